The van der Waals surface area contributed by atoms with E-state index >= 15 is 0 Å². The molecule has 1 aromatic carbocycles. The van der Waals surface area contributed by atoms with Crippen LogP contribution >= 0.6 is 11.6 Å². The lowest BCUT2D eigenvalue weighted by Gasteiger charge is -2.15. The Labute approximate surface area is 111 Å². The van der Waals surface area contributed by atoms with Crippen LogP contribution in [0, 0.1) is 11.3 Å². The molecule has 0 fully saturated rings. The summed E-state index contributed by atoms with van der Waals surface area (Å²) in [5.41, 5.74) is 1.39. The van der Waals surface area contributed by atoms with Gasteiger partial charge in [-0.2, -0.15) is 10.4 Å². The molecular formula is C13H13ClN4. The smallest absolute Gasteiger partial charge is 0.101 e. The van der Waals surface area contributed by atoms with Gasteiger partial charge >= 0.3 is 0 Å². The molecule has 2 aromatic rings. The van der Waals surface area contributed by atoms with Gasteiger partial charge in [-0.1, -0.05) is 11.6 Å². The zero-order valence-electron chi connectivity index (χ0n) is 9.97. The number of aromatic nitrogens is 2. The van der Waals surface area contributed by atoms with Gasteiger partial charge in [0, 0.05) is 24.1 Å². The Morgan fingerprint density at radius 3 is 3.00 bits per heavy atom. The Kier molecular flexibility index (Phi) is 3.85. The fourth-order valence-electron chi connectivity index (χ4n) is 1.71. The van der Waals surface area contributed by atoms with E-state index in [-0.39, 0.29) is 6.04 Å². The Bertz CT molecular complexity index is 557. The lowest BCUT2D eigenvalue weighted by Crippen LogP contribution is -2.22. The fraction of sp³-hybridized carbons (Fsp3) is 0.231. The molecule has 0 aliphatic heterocycles. The first-order valence-electron chi connectivity index (χ1n) is 5.62. The molecule has 0 bridgehead atoms. The van der Waals surface area contributed by atoms with Gasteiger partial charge in [-0.15, -0.1) is 0 Å². The summed E-state index contributed by atoms with van der Waals surface area (Å²) in [7, 11) is 0. The van der Waals surface area contributed by atoms with Crippen LogP contribution in [0.25, 0.3) is 0 Å². The van der Waals surface area contributed by atoms with Crippen LogP contribution in [-0.4, -0.2) is 15.8 Å². The third-order valence-electron chi connectivity index (χ3n) is 2.52. The average molecular weight is 261 g/mol. The normalized spacial score (nSPS) is 11.8. The Morgan fingerprint density at radius 2 is 2.39 bits per heavy atom. The number of nitrogens with one attached hydrogen (secondary N) is 1. The van der Waals surface area contributed by atoms with Crippen LogP contribution in [0.4, 0.5) is 5.69 Å². The highest BCUT2D eigenvalue weighted by molar-refractivity contribution is 6.32. The van der Waals surface area contributed by atoms with Gasteiger partial charge in [-0.05, 0) is 31.2 Å². The number of benzene rings is 1. The number of nitrogens with zero attached hydrogens (tertiary/aromatic N) is 3. The van der Waals surface area contributed by atoms with Crippen molar-refractivity contribution in [2.24, 2.45) is 0 Å². The Hall–Kier alpha value is -1.99. The van der Waals surface area contributed by atoms with Crippen molar-refractivity contribution in [3.05, 3.63) is 47.2 Å². The Balaban J connectivity index is 2.01. The van der Waals surface area contributed by atoms with Crippen molar-refractivity contribution in [2.45, 2.75) is 19.5 Å². The second kappa shape index (κ2) is 5.56. The maximum Gasteiger partial charge on any atom is 0.101 e. The van der Waals surface area contributed by atoms with Crippen LogP contribution in [0.2, 0.25) is 5.02 Å². The number of hydrogen-bond donors (Lipinski definition) is 1. The zero-order chi connectivity index (χ0) is 13.0. The fourth-order valence-corrected chi connectivity index (χ4v) is 1.94. The van der Waals surface area contributed by atoms with E-state index in [1.165, 1.54) is 0 Å². The van der Waals surface area contributed by atoms with Crippen molar-refractivity contribution in [3.63, 3.8) is 0 Å². The first kappa shape index (κ1) is 12.5. The van der Waals surface area contributed by atoms with E-state index in [0.29, 0.717) is 10.6 Å². The van der Waals surface area contributed by atoms with Gasteiger partial charge < -0.3 is 5.32 Å². The minimum atomic E-state index is 0.217. The van der Waals surface area contributed by atoms with Gasteiger partial charge in [-0.25, -0.2) is 0 Å². The van der Waals surface area contributed by atoms with Gasteiger partial charge in [0.2, 0.25) is 0 Å². The first-order chi connectivity index (χ1) is 8.69. The predicted octanol–water partition coefficient (Wildman–Crippen LogP) is 2.91. The summed E-state index contributed by atoms with van der Waals surface area (Å²) in [5.74, 6) is 0. The van der Waals surface area contributed by atoms with Gasteiger partial charge in [0.15, 0.2) is 0 Å². The third-order valence-corrected chi connectivity index (χ3v) is 2.84. The van der Waals surface area contributed by atoms with E-state index in [1.54, 1.807) is 18.3 Å². The maximum absolute atomic E-state index is 8.80. The van der Waals surface area contributed by atoms with Gasteiger partial charge in [0.05, 0.1) is 17.1 Å². The Morgan fingerprint density at radius 1 is 1.56 bits per heavy atom. The van der Waals surface area contributed by atoms with Crippen molar-refractivity contribution in [1.82, 2.24) is 9.78 Å². The summed E-state index contributed by atoms with van der Waals surface area (Å²) >= 11 is 5.98. The van der Waals surface area contributed by atoms with E-state index < -0.39 is 0 Å². The summed E-state index contributed by atoms with van der Waals surface area (Å²) < 4.78 is 1.86. The molecule has 1 N–H and O–H groups in total. The van der Waals surface area contributed by atoms with Crippen molar-refractivity contribution in [2.75, 3.05) is 5.32 Å². The molecule has 2 rings (SSSR count). The second-order valence-electron chi connectivity index (χ2n) is 4.08. The van der Waals surface area contributed by atoms with Crippen LogP contribution in [0.1, 0.15) is 12.5 Å². The van der Waals surface area contributed by atoms with Crippen molar-refractivity contribution in [3.8, 4) is 6.07 Å². The topological polar surface area (TPSA) is 53.6 Å². The SMILES string of the molecule is CC(Cn1cccn1)Nc1ccc(C#N)c(Cl)c1. The van der Waals surface area contributed by atoms with Crippen LogP contribution in [0.3, 0.4) is 0 Å². The number of nitriles is 1. The summed E-state index contributed by atoms with van der Waals surface area (Å²) in [4.78, 5) is 0. The van der Waals surface area contributed by atoms with Crippen molar-refractivity contribution >= 4 is 17.3 Å². The van der Waals surface area contributed by atoms with Crippen molar-refractivity contribution < 1.29 is 0 Å². The number of anilines is 1. The van der Waals surface area contributed by atoms with E-state index in [1.807, 2.05) is 29.1 Å². The van der Waals surface area contributed by atoms with Crippen molar-refractivity contribution in [1.29, 1.82) is 5.26 Å². The molecule has 0 spiro atoms. The lowest BCUT2D eigenvalue weighted by molar-refractivity contribution is 0.561. The highest BCUT2D eigenvalue weighted by atomic mass is 35.5. The molecule has 1 unspecified atom stereocenters. The number of rotatable bonds is 4. The van der Waals surface area contributed by atoms with Gasteiger partial charge in [-0.3, -0.25) is 4.68 Å². The zero-order valence-corrected chi connectivity index (χ0v) is 10.7. The molecule has 0 radical (unpaired) electrons. The van der Waals surface area contributed by atoms with E-state index in [9.17, 15) is 0 Å². The predicted molar refractivity (Wildman–Crippen MR) is 71.5 cm³/mol. The molecule has 92 valence electrons. The standard InChI is InChI=1S/C13H13ClN4/c1-10(9-18-6-2-5-16-18)17-12-4-3-11(8-15)13(14)7-12/h2-7,10,17H,9H2,1H3. The monoisotopic (exact) mass is 260 g/mol. The molecule has 18 heavy (non-hydrogen) atoms. The highest BCUT2D eigenvalue weighted by Crippen LogP contribution is 2.20. The summed E-state index contributed by atoms with van der Waals surface area (Å²) in [5, 5.41) is 16.7. The van der Waals surface area contributed by atoms with E-state index in [4.69, 9.17) is 16.9 Å². The molecule has 5 heteroatoms. The van der Waals surface area contributed by atoms with Crippen LogP contribution in [0.15, 0.2) is 36.7 Å². The maximum atomic E-state index is 8.80. The molecule has 0 saturated heterocycles. The summed E-state index contributed by atoms with van der Waals surface area (Å²) in [6.45, 7) is 2.83. The summed E-state index contributed by atoms with van der Waals surface area (Å²) in [6.07, 6.45) is 3.68. The van der Waals surface area contributed by atoms with E-state index in [2.05, 4.69) is 17.3 Å². The molecule has 4 nitrogen and oxygen atoms in total. The molecule has 0 aliphatic carbocycles. The van der Waals surface area contributed by atoms with Gasteiger partial charge in [0.1, 0.15) is 6.07 Å². The number of hydrogen-bond acceptors (Lipinski definition) is 3. The minimum absolute atomic E-state index is 0.217. The van der Waals surface area contributed by atoms with Crippen LogP contribution < -0.4 is 5.32 Å². The van der Waals surface area contributed by atoms with Crippen LogP contribution in [0.5, 0.6) is 0 Å². The molecule has 1 atom stereocenters. The summed E-state index contributed by atoms with van der Waals surface area (Å²) in [6, 6.07) is 9.48. The molecule has 1 heterocycles. The molecular weight excluding hydrogens is 248 g/mol. The van der Waals surface area contributed by atoms with Crippen LogP contribution in [-0.2, 0) is 6.54 Å². The molecule has 0 saturated carbocycles. The lowest BCUT2D eigenvalue weighted by atomic mass is 10.2. The minimum Gasteiger partial charge on any atom is -0.381 e. The largest absolute Gasteiger partial charge is 0.381 e. The molecule has 1 aromatic heterocycles. The first-order valence-corrected chi connectivity index (χ1v) is 6.00. The quantitative estimate of drug-likeness (QED) is 0.920. The average Bonchev–Trinajstić information content (AvgIpc) is 2.82. The third kappa shape index (κ3) is 3.02. The van der Waals surface area contributed by atoms with E-state index in [0.717, 1.165) is 12.2 Å². The highest BCUT2D eigenvalue weighted by Gasteiger charge is 2.05. The second-order valence-corrected chi connectivity index (χ2v) is 4.49. The molecule has 0 amide bonds. The molecule has 0 aliphatic rings. The number of halogens is 1. The van der Waals surface area contributed by atoms with Gasteiger partial charge in [0.25, 0.3) is 0 Å².